The van der Waals surface area contributed by atoms with Crippen molar-refractivity contribution < 1.29 is 17.9 Å². The second-order valence-electron chi connectivity index (χ2n) is 3.74. The lowest BCUT2D eigenvalue weighted by Gasteiger charge is -2.08. The minimum atomic E-state index is -2.68. The zero-order valence-corrected chi connectivity index (χ0v) is 11.2. The van der Waals surface area contributed by atoms with Crippen LogP contribution in [0.15, 0.2) is 41.0 Å². The summed E-state index contributed by atoms with van der Waals surface area (Å²) in [4.78, 5) is 4.02. The average Bonchev–Trinajstić information content (AvgIpc) is 2.37. The second-order valence-corrected chi connectivity index (χ2v) is 4.55. The third-order valence-corrected chi connectivity index (χ3v) is 2.84. The molecule has 2 aromatic rings. The van der Waals surface area contributed by atoms with Gasteiger partial charge in [0.1, 0.15) is 17.0 Å². The number of halogens is 4. The van der Waals surface area contributed by atoms with Gasteiger partial charge in [0, 0.05) is 17.2 Å². The molecule has 0 radical (unpaired) electrons. The molecular weight excluding hydrogens is 323 g/mol. The van der Waals surface area contributed by atoms with Crippen LogP contribution in [0.2, 0.25) is 0 Å². The van der Waals surface area contributed by atoms with Crippen LogP contribution >= 0.6 is 15.9 Å². The average molecular weight is 332 g/mol. The lowest BCUT2D eigenvalue weighted by Crippen LogP contribution is -2.01. The minimum Gasteiger partial charge on any atom is -0.473 e. The Morgan fingerprint density at radius 1 is 1.21 bits per heavy atom. The molecular formula is C13H9BrF3NO. The van der Waals surface area contributed by atoms with Crippen LogP contribution in [0.3, 0.4) is 0 Å². The van der Waals surface area contributed by atoms with Gasteiger partial charge in [-0.25, -0.2) is 18.2 Å². The van der Waals surface area contributed by atoms with Crippen LogP contribution in [-0.4, -0.2) is 4.98 Å². The zero-order chi connectivity index (χ0) is 13.8. The normalized spacial score (nSPS) is 10.8. The summed E-state index contributed by atoms with van der Waals surface area (Å²) >= 11 is 3.18. The van der Waals surface area contributed by atoms with E-state index in [2.05, 4.69) is 20.9 Å². The van der Waals surface area contributed by atoms with Crippen molar-refractivity contribution in [3.05, 3.63) is 57.9 Å². The highest BCUT2D eigenvalue weighted by Crippen LogP contribution is 2.22. The Morgan fingerprint density at radius 2 is 2.00 bits per heavy atom. The molecule has 0 saturated carbocycles. The summed E-state index contributed by atoms with van der Waals surface area (Å²) in [6.07, 6.45) is -2.68. The summed E-state index contributed by atoms with van der Waals surface area (Å²) in [5.41, 5.74) is -0.145. The third-order valence-electron chi connectivity index (χ3n) is 2.39. The van der Waals surface area contributed by atoms with Crippen molar-refractivity contribution in [2.24, 2.45) is 0 Å². The van der Waals surface area contributed by atoms with Gasteiger partial charge in [-0.2, -0.15) is 0 Å². The molecule has 0 aliphatic rings. The topological polar surface area (TPSA) is 22.1 Å². The molecule has 100 valence electrons. The van der Waals surface area contributed by atoms with Crippen molar-refractivity contribution in [2.45, 2.75) is 13.0 Å². The molecule has 0 spiro atoms. The first-order chi connectivity index (χ1) is 9.06. The molecule has 2 nitrogen and oxygen atoms in total. The number of aromatic nitrogens is 1. The number of pyridine rings is 1. The summed E-state index contributed by atoms with van der Waals surface area (Å²) in [6.45, 7) is -0.0706. The van der Waals surface area contributed by atoms with Gasteiger partial charge in [0.2, 0.25) is 5.88 Å². The fourth-order valence-electron chi connectivity index (χ4n) is 1.44. The lowest BCUT2D eigenvalue weighted by atomic mass is 10.1. The Labute approximate surface area is 116 Å². The molecule has 0 N–H and O–H groups in total. The van der Waals surface area contributed by atoms with Gasteiger partial charge in [0.15, 0.2) is 0 Å². The standard InChI is InChI=1S/C13H9BrF3NO/c14-11-2-1-3-12(18-11)19-7-9-5-4-8(13(16)17)6-10(9)15/h1-6,13H,7H2. The van der Waals surface area contributed by atoms with E-state index in [4.69, 9.17) is 4.74 Å². The predicted octanol–water partition coefficient (Wildman–Crippen LogP) is 4.50. The smallest absolute Gasteiger partial charge is 0.263 e. The van der Waals surface area contributed by atoms with Crippen molar-refractivity contribution in [2.75, 3.05) is 0 Å². The van der Waals surface area contributed by atoms with E-state index in [-0.39, 0.29) is 17.7 Å². The summed E-state index contributed by atoms with van der Waals surface area (Å²) in [7, 11) is 0. The fraction of sp³-hybridized carbons (Fsp3) is 0.154. The molecule has 19 heavy (non-hydrogen) atoms. The van der Waals surface area contributed by atoms with Crippen LogP contribution in [-0.2, 0) is 6.61 Å². The Kier molecular flexibility index (Phi) is 4.42. The quantitative estimate of drug-likeness (QED) is 0.769. The molecule has 0 atom stereocenters. The molecule has 1 aromatic carbocycles. The molecule has 0 saturated heterocycles. The molecule has 0 aliphatic heterocycles. The van der Waals surface area contributed by atoms with Crippen LogP contribution in [0, 0.1) is 5.82 Å². The Balaban J connectivity index is 2.07. The highest BCUT2D eigenvalue weighted by atomic mass is 79.9. The number of ether oxygens (including phenoxy) is 1. The predicted molar refractivity (Wildman–Crippen MR) is 67.6 cm³/mol. The van der Waals surface area contributed by atoms with E-state index in [1.807, 2.05) is 0 Å². The van der Waals surface area contributed by atoms with E-state index in [0.717, 1.165) is 6.07 Å². The molecule has 1 aromatic heterocycles. The monoisotopic (exact) mass is 331 g/mol. The van der Waals surface area contributed by atoms with E-state index in [1.54, 1.807) is 18.2 Å². The number of nitrogens with zero attached hydrogens (tertiary/aromatic N) is 1. The minimum absolute atomic E-state index is 0.0706. The Bertz CT molecular complexity index is 578. The number of alkyl halides is 2. The molecule has 0 bridgehead atoms. The first-order valence-electron chi connectivity index (χ1n) is 5.38. The fourth-order valence-corrected chi connectivity index (χ4v) is 1.77. The summed E-state index contributed by atoms with van der Waals surface area (Å²) in [5.74, 6) is -0.389. The van der Waals surface area contributed by atoms with Gasteiger partial charge in [-0.3, -0.25) is 0 Å². The lowest BCUT2D eigenvalue weighted by molar-refractivity contribution is 0.151. The Morgan fingerprint density at radius 3 is 2.63 bits per heavy atom. The molecule has 0 fully saturated rings. The van der Waals surface area contributed by atoms with Crippen molar-refractivity contribution in [3.63, 3.8) is 0 Å². The van der Waals surface area contributed by atoms with E-state index in [0.29, 0.717) is 10.5 Å². The third kappa shape index (κ3) is 3.70. The van der Waals surface area contributed by atoms with Gasteiger partial charge in [-0.05, 0) is 28.1 Å². The number of benzene rings is 1. The summed E-state index contributed by atoms with van der Waals surface area (Å²) < 4.78 is 44.2. The molecule has 0 unspecified atom stereocenters. The van der Waals surface area contributed by atoms with Gasteiger partial charge in [0.05, 0.1) is 0 Å². The molecule has 0 aliphatic carbocycles. The highest BCUT2D eigenvalue weighted by molar-refractivity contribution is 9.10. The summed E-state index contributed by atoms with van der Waals surface area (Å²) in [5, 5.41) is 0. The van der Waals surface area contributed by atoms with Gasteiger partial charge in [-0.15, -0.1) is 0 Å². The second kappa shape index (κ2) is 6.06. The van der Waals surface area contributed by atoms with Crippen LogP contribution in [0.5, 0.6) is 5.88 Å². The maximum Gasteiger partial charge on any atom is 0.263 e. The van der Waals surface area contributed by atoms with E-state index in [9.17, 15) is 13.2 Å². The molecule has 1 heterocycles. The van der Waals surface area contributed by atoms with Crippen LogP contribution in [0.4, 0.5) is 13.2 Å². The van der Waals surface area contributed by atoms with E-state index in [1.165, 1.54) is 12.1 Å². The first-order valence-corrected chi connectivity index (χ1v) is 6.17. The van der Waals surface area contributed by atoms with Crippen LogP contribution in [0.25, 0.3) is 0 Å². The zero-order valence-electron chi connectivity index (χ0n) is 9.62. The SMILES string of the molecule is Fc1cc(C(F)F)ccc1COc1cccc(Br)n1. The van der Waals surface area contributed by atoms with E-state index < -0.39 is 12.2 Å². The van der Waals surface area contributed by atoms with Gasteiger partial charge >= 0.3 is 0 Å². The summed E-state index contributed by atoms with van der Waals surface area (Å²) in [6, 6.07) is 8.36. The van der Waals surface area contributed by atoms with Crippen molar-refractivity contribution >= 4 is 15.9 Å². The van der Waals surface area contributed by atoms with Crippen molar-refractivity contribution in [1.29, 1.82) is 0 Å². The largest absolute Gasteiger partial charge is 0.473 e. The number of hydrogen-bond donors (Lipinski definition) is 0. The number of hydrogen-bond acceptors (Lipinski definition) is 2. The molecule has 0 amide bonds. The van der Waals surface area contributed by atoms with Gasteiger partial charge < -0.3 is 4.74 Å². The molecule has 6 heteroatoms. The van der Waals surface area contributed by atoms with Crippen LogP contribution in [0.1, 0.15) is 17.6 Å². The van der Waals surface area contributed by atoms with E-state index >= 15 is 0 Å². The highest BCUT2D eigenvalue weighted by Gasteiger charge is 2.11. The van der Waals surface area contributed by atoms with Crippen LogP contribution < -0.4 is 4.74 Å². The molecule has 2 rings (SSSR count). The van der Waals surface area contributed by atoms with Gasteiger partial charge in [0.25, 0.3) is 6.43 Å². The Hall–Kier alpha value is -1.56. The maximum atomic E-state index is 13.5. The van der Waals surface area contributed by atoms with Gasteiger partial charge in [-0.1, -0.05) is 18.2 Å². The van der Waals surface area contributed by atoms with Crippen molar-refractivity contribution in [3.8, 4) is 5.88 Å². The maximum absolute atomic E-state index is 13.5. The number of rotatable bonds is 4. The van der Waals surface area contributed by atoms with Crippen molar-refractivity contribution in [1.82, 2.24) is 4.98 Å². The first kappa shape index (κ1) is 13.9.